The SMILES string of the molecule is CCNC(=NCC1(N(C)C)CCCCC1)N1CCS(=O)(=O)C(C)(C)C1.I. The summed E-state index contributed by atoms with van der Waals surface area (Å²) in [5, 5.41) is 3.38. The number of sulfone groups is 1. The number of guanidine groups is 1. The molecule has 0 bridgehead atoms. The first-order valence-electron chi connectivity index (χ1n) is 9.56. The van der Waals surface area contributed by atoms with Crippen molar-refractivity contribution < 1.29 is 8.42 Å². The van der Waals surface area contributed by atoms with Crippen molar-refractivity contribution in [1.82, 2.24) is 15.1 Å². The van der Waals surface area contributed by atoms with Crippen molar-refractivity contribution in [3.8, 4) is 0 Å². The predicted octanol–water partition coefficient (Wildman–Crippen LogP) is 2.34. The number of hydrogen-bond donors (Lipinski definition) is 1. The van der Waals surface area contributed by atoms with Gasteiger partial charge in [0, 0.05) is 25.2 Å². The van der Waals surface area contributed by atoms with Gasteiger partial charge in [0.05, 0.1) is 17.0 Å². The van der Waals surface area contributed by atoms with Crippen LogP contribution in [0.2, 0.25) is 0 Å². The molecule has 0 aromatic heterocycles. The molecule has 1 N–H and O–H groups in total. The molecule has 2 rings (SSSR count). The zero-order valence-electron chi connectivity index (χ0n) is 17.0. The van der Waals surface area contributed by atoms with Crippen molar-refractivity contribution in [2.24, 2.45) is 4.99 Å². The number of likely N-dealkylation sites (N-methyl/N-ethyl adjacent to an activating group) is 1. The number of halogens is 1. The van der Waals surface area contributed by atoms with E-state index in [4.69, 9.17) is 4.99 Å². The first kappa shape index (κ1) is 23.9. The maximum Gasteiger partial charge on any atom is 0.194 e. The molecule has 0 unspecified atom stereocenters. The molecule has 0 aromatic rings. The summed E-state index contributed by atoms with van der Waals surface area (Å²) >= 11 is 0. The van der Waals surface area contributed by atoms with Gasteiger partial charge in [0.25, 0.3) is 0 Å². The van der Waals surface area contributed by atoms with Gasteiger partial charge in [-0.05, 0) is 47.7 Å². The van der Waals surface area contributed by atoms with Crippen LogP contribution in [0.5, 0.6) is 0 Å². The normalized spacial score (nSPS) is 24.8. The minimum Gasteiger partial charge on any atom is -0.357 e. The quantitative estimate of drug-likeness (QED) is 0.365. The third-order valence-corrected chi connectivity index (χ3v) is 8.47. The Morgan fingerprint density at radius 1 is 1.19 bits per heavy atom. The second-order valence-corrected chi connectivity index (χ2v) is 11.1. The zero-order chi connectivity index (χ0) is 18.7. The molecular formula is C18H37IN4O2S. The lowest BCUT2D eigenvalue weighted by atomic mass is 9.81. The molecule has 0 amide bonds. The van der Waals surface area contributed by atoms with E-state index in [1.54, 1.807) is 0 Å². The molecule has 0 radical (unpaired) electrons. The van der Waals surface area contributed by atoms with Crippen molar-refractivity contribution in [1.29, 1.82) is 0 Å². The summed E-state index contributed by atoms with van der Waals surface area (Å²) in [6.45, 7) is 8.27. The molecule has 2 aliphatic rings. The molecule has 2 fully saturated rings. The third kappa shape index (κ3) is 5.25. The largest absolute Gasteiger partial charge is 0.357 e. The van der Waals surface area contributed by atoms with Gasteiger partial charge in [-0.1, -0.05) is 19.3 Å². The molecule has 1 heterocycles. The maximum atomic E-state index is 12.3. The van der Waals surface area contributed by atoms with Crippen molar-refractivity contribution in [2.45, 2.75) is 63.2 Å². The molecule has 1 aliphatic heterocycles. The molecule has 0 aromatic carbocycles. The van der Waals surface area contributed by atoms with Crippen LogP contribution in [0, 0.1) is 0 Å². The van der Waals surface area contributed by atoms with Crippen LogP contribution < -0.4 is 5.32 Å². The molecular weight excluding hydrogens is 463 g/mol. The fourth-order valence-corrected chi connectivity index (χ4v) is 5.29. The van der Waals surface area contributed by atoms with Crippen LogP contribution in [-0.2, 0) is 9.84 Å². The third-order valence-electron chi connectivity index (χ3n) is 5.93. The van der Waals surface area contributed by atoms with Gasteiger partial charge in [0.15, 0.2) is 15.8 Å². The number of hydrogen-bond acceptors (Lipinski definition) is 4. The Morgan fingerprint density at radius 3 is 2.31 bits per heavy atom. The highest BCUT2D eigenvalue weighted by Gasteiger charge is 2.41. The Balaban J connectivity index is 0.00000338. The Bertz CT molecular complexity index is 584. The van der Waals surface area contributed by atoms with Crippen LogP contribution in [0.15, 0.2) is 4.99 Å². The Kier molecular flexibility index (Phi) is 8.66. The second kappa shape index (κ2) is 9.41. The van der Waals surface area contributed by atoms with Crippen LogP contribution in [-0.4, -0.2) is 80.5 Å². The molecule has 26 heavy (non-hydrogen) atoms. The second-order valence-electron chi connectivity index (χ2n) is 8.35. The number of nitrogens with zero attached hydrogens (tertiary/aromatic N) is 3. The van der Waals surface area contributed by atoms with Gasteiger partial charge < -0.3 is 15.1 Å². The summed E-state index contributed by atoms with van der Waals surface area (Å²) in [5.41, 5.74) is 0.135. The summed E-state index contributed by atoms with van der Waals surface area (Å²) in [5.74, 6) is 1.06. The molecule has 8 heteroatoms. The van der Waals surface area contributed by atoms with E-state index in [0.717, 1.165) is 19.0 Å². The van der Waals surface area contributed by atoms with E-state index in [-0.39, 0.29) is 35.3 Å². The van der Waals surface area contributed by atoms with E-state index in [1.807, 2.05) is 13.8 Å². The van der Waals surface area contributed by atoms with Gasteiger partial charge >= 0.3 is 0 Å². The van der Waals surface area contributed by atoms with Crippen molar-refractivity contribution in [2.75, 3.05) is 46.0 Å². The number of aliphatic imine (C=N–C) groups is 1. The molecule has 6 nitrogen and oxygen atoms in total. The van der Waals surface area contributed by atoms with Crippen molar-refractivity contribution >= 4 is 39.8 Å². The first-order chi connectivity index (χ1) is 11.6. The first-order valence-corrected chi connectivity index (χ1v) is 11.2. The lowest BCUT2D eigenvalue weighted by Crippen LogP contribution is -2.57. The summed E-state index contributed by atoms with van der Waals surface area (Å²) < 4.78 is 23.8. The topological polar surface area (TPSA) is 65.0 Å². The fraction of sp³-hybridized carbons (Fsp3) is 0.944. The Hall–Kier alpha value is -0.0900. The lowest BCUT2D eigenvalue weighted by Gasteiger charge is -2.43. The maximum absolute atomic E-state index is 12.3. The molecule has 154 valence electrons. The zero-order valence-corrected chi connectivity index (χ0v) is 20.2. The van der Waals surface area contributed by atoms with Gasteiger partial charge in [0.2, 0.25) is 0 Å². The fourth-order valence-electron chi connectivity index (χ4n) is 3.93. The molecule has 1 saturated heterocycles. The van der Waals surface area contributed by atoms with Crippen LogP contribution in [0.1, 0.15) is 52.9 Å². The standard InChI is InChI=1S/C18H36N4O2S.HI/c1-6-19-16(22-12-13-25(23,24)17(2,3)15-22)20-14-18(21(4)5)10-8-7-9-11-18;/h6-15H2,1-5H3,(H,19,20);1H. The molecule has 1 saturated carbocycles. The van der Waals surface area contributed by atoms with Gasteiger partial charge in [-0.15, -0.1) is 24.0 Å². The van der Waals surface area contributed by atoms with Crippen molar-refractivity contribution in [3.05, 3.63) is 0 Å². The highest BCUT2D eigenvalue weighted by molar-refractivity contribution is 14.0. The summed E-state index contributed by atoms with van der Waals surface area (Å²) in [6.07, 6.45) is 6.21. The van der Waals surface area contributed by atoms with Crippen molar-refractivity contribution in [3.63, 3.8) is 0 Å². The van der Waals surface area contributed by atoms with Gasteiger partial charge in [-0.3, -0.25) is 4.99 Å². The van der Waals surface area contributed by atoms with E-state index in [9.17, 15) is 8.42 Å². The Morgan fingerprint density at radius 2 is 1.81 bits per heavy atom. The van der Waals surface area contributed by atoms with Crippen LogP contribution >= 0.6 is 24.0 Å². The van der Waals surface area contributed by atoms with Crippen LogP contribution in [0.4, 0.5) is 0 Å². The van der Waals surface area contributed by atoms with Crippen LogP contribution in [0.25, 0.3) is 0 Å². The summed E-state index contributed by atoms with van der Waals surface area (Å²) in [4.78, 5) is 9.42. The highest BCUT2D eigenvalue weighted by Crippen LogP contribution is 2.32. The monoisotopic (exact) mass is 500 g/mol. The average molecular weight is 500 g/mol. The summed E-state index contributed by atoms with van der Waals surface area (Å²) in [6, 6.07) is 0. The minimum atomic E-state index is -3.04. The van der Waals surface area contributed by atoms with E-state index < -0.39 is 14.6 Å². The van der Waals surface area contributed by atoms with E-state index in [0.29, 0.717) is 13.1 Å². The summed E-state index contributed by atoms with van der Waals surface area (Å²) in [7, 11) is 1.28. The van der Waals surface area contributed by atoms with E-state index >= 15 is 0 Å². The van der Waals surface area contributed by atoms with Crippen LogP contribution in [0.3, 0.4) is 0 Å². The number of rotatable bonds is 4. The minimum absolute atomic E-state index is 0. The molecule has 0 spiro atoms. The van der Waals surface area contributed by atoms with E-state index in [2.05, 4.69) is 36.1 Å². The van der Waals surface area contributed by atoms with Gasteiger partial charge in [-0.2, -0.15) is 0 Å². The van der Waals surface area contributed by atoms with Gasteiger partial charge in [0.1, 0.15) is 0 Å². The predicted molar refractivity (Wildman–Crippen MR) is 120 cm³/mol. The average Bonchev–Trinajstić information content (AvgIpc) is 2.55. The smallest absolute Gasteiger partial charge is 0.194 e. The number of nitrogens with one attached hydrogen (secondary N) is 1. The molecule has 1 aliphatic carbocycles. The highest BCUT2D eigenvalue weighted by atomic mass is 127. The lowest BCUT2D eigenvalue weighted by molar-refractivity contribution is 0.109. The van der Waals surface area contributed by atoms with Gasteiger partial charge in [-0.25, -0.2) is 8.42 Å². The van der Waals surface area contributed by atoms with E-state index in [1.165, 1.54) is 32.1 Å². The Labute approximate surface area is 177 Å². The molecule has 0 atom stereocenters.